The number of hydrogen-bond acceptors (Lipinski definition) is 6. The van der Waals surface area contributed by atoms with Crippen LogP contribution in [0.2, 0.25) is 0 Å². The van der Waals surface area contributed by atoms with Gasteiger partial charge in [0.25, 0.3) is 6.47 Å². The summed E-state index contributed by atoms with van der Waals surface area (Å²) in [4.78, 5) is 22.2. The number of ether oxygens (including phenoxy) is 4. The fourth-order valence-corrected chi connectivity index (χ4v) is 2.73. The molecule has 0 amide bonds. The maximum Gasteiger partial charge on any atom is 0.343 e. The molecule has 2 aromatic carbocycles. The highest BCUT2D eigenvalue weighted by molar-refractivity contribution is 5.91. The molecule has 0 saturated carbocycles. The monoisotopic (exact) mass is 400 g/mol. The summed E-state index contributed by atoms with van der Waals surface area (Å²) in [5.74, 6) is 1.49. The number of esters is 1. The molecule has 0 heterocycles. The Kier molecular flexibility index (Phi) is 10.1. The van der Waals surface area contributed by atoms with Crippen LogP contribution in [0.15, 0.2) is 48.5 Å². The number of benzene rings is 2. The molecule has 6 nitrogen and oxygen atoms in total. The van der Waals surface area contributed by atoms with E-state index < -0.39 is 5.97 Å². The van der Waals surface area contributed by atoms with Crippen molar-refractivity contribution >= 4 is 12.4 Å². The molecule has 2 rings (SSSR count). The van der Waals surface area contributed by atoms with Gasteiger partial charge >= 0.3 is 5.97 Å². The lowest BCUT2D eigenvalue weighted by Gasteiger charge is -2.08. The van der Waals surface area contributed by atoms with Crippen LogP contribution in [0.3, 0.4) is 0 Å². The zero-order valence-corrected chi connectivity index (χ0v) is 16.8. The van der Waals surface area contributed by atoms with Gasteiger partial charge in [-0.3, -0.25) is 4.79 Å². The number of hydrogen-bond donors (Lipinski definition) is 0. The van der Waals surface area contributed by atoms with Crippen molar-refractivity contribution in [3.05, 3.63) is 54.1 Å². The number of carbonyl (C=O) groups is 2. The van der Waals surface area contributed by atoms with Crippen molar-refractivity contribution in [2.24, 2.45) is 0 Å². The van der Waals surface area contributed by atoms with Crippen molar-refractivity contribution in [1.82, 2.24) is 0 Å². The van der Waals surface area contributed by atoms with Crippen LogP contribution < -0.4 is 14.2 Å². The van der Waals surface area contributed by atoms with Crippen molar-refractivity contribution in [2.75, 3.05) is 20.3 Å². The van der Waals surface area contributed by atoms with E-state index in [-0.39, 0.29) is 0 Å². The van der Waals surface area contributed by atoms with Crippen molar-refractivity contribution in [3.8, 4) is 17.2 Å². The summed E-state index contributed by atoms with van der Waals surface area (Å²) in [5.41, 5.74) is 0.465. The third kappa shape index (κ3) is 8.68. The van der Waals surface area contributed by atoms with Crippen LogP contribution in [0.5, 0.6) is 17.2 Å². The third-order valence-corrected chi connectivity index (χ3v) is 4.35. The first-order chi connectivity index (χ1) is 14.2. The molecule has 0 spiro atoms. The highest BCUT2D eigenvalue weighted by Gasteiger charge is 2.09. The van der Waals surface area contributed by atoms with E-state index in [4.69, 9.17) is 14.2 Å². The van der Waals surface area contributed by atoms with E-state index in [1.165, 1.54) is 0 Å². The second kappa shape index (κ2) is 13.2. The molecule has 0 aliphatic carbocycles. The van der Waals surface area contributed by atoms with Crippen LogP contribution in [0, 0.1) is 0 Å². The predicted octanol–water partition coefficient (Wildman–Crippen LogP) is 4.81. The van der Waals surface area contributed by atoms with E-state index in [9.17, 15) is 9.59 Å². The summed E-state index contributed by atoms with van der Waals surface area (Å²) in [6, 6.07) is 13.8. The van der Waals surface area contributed by atoms with Crippen LogP contribution in [0.4, 0.5) is 0 Å². The average Bonchev–Trinajstić information content (AvgIpc) is 2.76. The van der Waals surface area contributed by atoms with E-state index in [2.05, 4.69) is 4.74 Å². The summed E-state index contributed by atoms with van der Waals surface area (Å²) >= 11 is 0. The van der Waals surface area contributed by atoms with Gasteiger partial charge in [-0.05, 0) is 61.4 Å². The van der Waals surface area contributed by atoms with Crippen LogP contribution in [-0.2, 0) is 9.53 Å². The van der Waals surface area contributed by atoms with E-state index in [1.807, 2.05) is 0 Å². The zero-order chi connectivity index (χ0) is 20.7. The highest BCUT2D eigenvalue weighted by Crippen LogP contribution is 2.19. The molecule has 29 heavy (non-hydrogen) atoms. The van der Waals surface area contributed by atoms with E-state index in [1.54, 1.807) is 55.6 Å². The Hall–Kier alpha value is -3.02. The predicted molar refractivity (Wildman–Crippen MR) is 110 cm³/mol. The molecular formula is C23H28O6. The maximum absolute atomic E-state index is 12.2. The van der Waals surface area contributed by atoms with Gasteiger partial charge in [0.05, 0.1) is 25.9 Å². The minimum atomic E-state index is -0.416. The van der Waals surface area contributed by atoms with Gasteiger partial charge in [-0.25, -0.2) is 4.79 Å². The Balaban J connectivity index is 1.62. The highest BCUT2D eigenvalue weighted by atomic mass is 16.5. The molecule has 0 radical (unpaired) electrons. The fourth-order valence-electron chi connectivity index (χ4n) is 2.73. The second-order valence-electron chi connectivity index (χ2n) is 6.53. The van der Waals surface area contributed by atoms with Gasteiger partial charge in [-0.2, -0.15) is 0 Å². The Morgan fingerprint density at radius 2 is 1.31 bits per heavy atom. The maximum atomic E-state index is 12.2. The van der Waals surface area contributed by atoms with Gasteiger partial charge in [-0.1, -0.05) is 25.7 Å². The average molecular weight is 400 g/mol. The molecule has 2 aromatic rings. The molecule has 0 atom stereocenters. The molecule has 0 aliphatic rings. The Bertz CT molecular complexity index is 724. The first-order valence-corrected chi connectivity index (χ1v) is 9.87. The number of unbranched alkanes of at least 4 members (excludes halogenated alkanes) is 5. The van der Waals surface area contributed by atoms with Crippen molar-refractivity contribution in [2.45, 2.75) is 38.5 Å². The molecule has 0 aliphatic heterocycles. The standard InChI is InChI=1S/C23H28O6/c1-26-20-12-14-22(15-13-20)29-23(25)19-8-10-21(11-9-19)28-17-7-5-3-2-4-6-16-27-18-24/h8-15,18H,2-7,16-17H2,1H3. The van der Waals surface area contributed by atoms with Crippen molar-refractivity contribution in [3.63, 3.8) is 0 Å². The molecule has 0 N–H and O–H groups in total. The smallest absolute Gasteiger partial charge is 0.343 e. The number of carbonyl (C=O) groups excluding carboxylic acids is 2. The van der Waals surface area contributed by atoms with Crippen LogP contribution in [-0.4, -0.2) is 32.8 Å². The first-order valence-electron chi connectivity index (χ1n) is 9.87. The molecule has 0 fully saturated rings. The van der Waals surface area contributed by atoms with Crippen LogP contribution >= 0.6 is 0 Å². The summed E-state index contributed by atoms with van der Waals surface area (Å²) in [7, 11) is 1.58. The van der Waals surface area contributed by atoms with Crippen LogP contribution in [0.25, 0.3) is 0 Å². The lowest BCUT2D eigenvalue weighted by molar-refractivity contribution is -0.128. The van der Waals surface area contributed by atoms with Gasteiger partial charge in [-0.15, -0.1) is 0 Å². The Morgan fingerprint density at radius 1 is 0.759 bits per heavy atom. The number of rotatable bonds is 14. The summed E-state index contributed by atoms with van der Waals surface area (Å²) in [5, 5.41) is 0. The Labute approximate surface area is 171 Å². The lowest BCUT2D eigenvalue weighted by atomic mass is 10.1. The molecule has 0 bridgehead atoms. The Morgan fingerprint density at radius 3 is 1.93 bits per heavy atom. The van der Waals surface area contributed by atoms with Gasteiger partial charge in [0.2, 0.25) is 0 Å². The minimum Gasteiger partial charge on any atom is -0.497 e. The largest absolute Gasteiger partial charge is 0.497 e. The topological polar surface area (TPSA) is 71.1 Å². The molecule has 156 valence electrons. The fraction of sp³-hybridized carbons (Fsp3) is 0.391. The first kappa shape index (κ1) is 22.3. The lowest BCUT2D eigenvalue weighted by Crippen LogP contribution is -2.08. The summed E-state index contributed by atoms with van der Waals surface area (Å²) in [6.45, 7) is 1.65. The van der Waals surface area contributed by atoms with Crippen molar-refractivity contribution in [1.29, 1.82) is 0 Å². The van der Waals surface area contributed by atoms with E-state index >= 15 is 0 Å². The van der Waals surface area contributed by atoms with E-state index in [0.717, 1.165) is 44.3 Å². The molecule has 6 heteroatoms. The molecule has 0 unspecified atom stereocenters. The quantitative estimate of drug-likeness (QED) is 0.196. The molecule has 0 saturated heterocycles. The summed E-state index contributed by atoms with van der Waals surface area (Å²) in [6.07, 6.45) is 6.34. The second-order valence-corrected chi connectivity index (χ2v) is 6.53. The van der Waals surface area contributed by atoms with Gasteiger partial charge in [0.1, 0.15) is 17.2 Å². The minimum absolute atomic E-state index is 0.416. The molecule has 0 aromatic heterocycles. The summed E-state index contributed by atoms with van der Waals surface area (Å²) < 4.78 is 20.8. The zero-order valence-electron chi connectivity index (χ0n) is 16.8. The number of methoxy groups -OCH3 is 1. The normalized spacial score (nSPS) is 10.2. The SMILES string of the molecule is COc1ccc(OC(=O)c2ccc(OCCCCCCCCOC=O)cc2)cc1. The van der Waals surface area contributed by atoms with E-state index in [0.29, 0.717) is 36.7 Å². The molecular weight excluding hydrogens is 372 g/mol. The van der Waals surface area contributed by atoms with Gasteiger partial charge in [0.15, 0.2) is 0 Å². The van der Waals surface area contributed by atoms with Gasteiger partial charge in [0, 0.05) is 0 Å². The third-order valence-electron chi connectivity index (χ3n) is 4.35. The van der Waals surface area contributed by atoms with Crippen LogP contribution in [0.1, 0.15) is 48.9 Å². The van der Waals surface area contributed by atoms with Crippen molar-refractivity contribution < 1.29 is 28.5 Å². The van der Waals surface area contributed by atoms with Gasteiger partial charge < -0.3 is 18.9 Å².